The van der Waals surface area contributed by atoms with Gasteiger partial charge in [-0.25, -0.2) is 0 Å². The standard InChI is InChI=1S/C17H34N4O/c1-18-17(19-11-10-16-8-5-4-6-9-16)20-12-14-21(2)13-7-15-22-3/h8H,4-7,9-15H2,1-3H3,(H2,18,19,20). The van der Waals surface area contributed by atoms with Crippen molar-refractivity contribution in [1.29, 1.82) is 0 Å². The molecule has 0 aromatic carbocycles. The second-order valence-corrected chi connectivity index (χ2v) is 5.93. The second kappa shape index (κ2) is 12.5. The summed E-state index contributed by atoms with van der Waals surface area (Å²) in [4.78, 5) is 6.59. The summed E-state index contributed by atoms with van der Waals surface area (Å²) in [6, 6.07) is 0. The van der Waals surface area contributed by atoms with E-state index in [1.165, 1.54) is 25.7 Å². The molecule has 1 aliphatic carbocycles. The second-order valence-electron chi connectivity index (χ2n) is 5.93. The highest BCUT2D eigenvalue weighted by Crippen LogP contribution is 2.19. The number of methoxy groups -OCH3 is 1. The molecule has 0 radical (unpaired) electrons. The van der Waals surface area contributed by atoms with Crippen LogP contribution in [0.25, 0.3) is 0 Å². The molecule has 0 aromatic heterocycles. The van der Waals surface area contributed by atoms with E-state index in [0.717, 1.165) is 51.6 Å². The van der Waals surface area contributed by atoms with Gasteiger partial charge in [-0.3, -0.25) is 4.99 Å². The highest BCUT2D eigenvalue weighted by molar-refractivity contribution is 5.79. The zero-order valence-corrected chi connectivity index (χ0v) is 14.7. The van der Waals surface area contributed by atoms with Gasteiger partial charge in [0, 0.05) is 46.9 Å². The highest BCUT2D eigenvalue weighted by Gasteiger charge is 2.04. The lowest BCUT2D eigenvalue weighted by molar-refractivity contribution is 0.180. The van der Waals surface area contributed by atoms with E-state index in [9.17, 15) is 0 Å². The van der Waals surface area contributed by atoms with Gasteiger partial charge >= 0.3 is 0 Å². The summed E-state index contributed by atoms with van der Waals surface area (Å²) in [5.74, 6) is 0.904. The van der Waals surface area contributed by atoms with Crippen molar-refractivity contribution in [3.63, 3.8) is 0 Å². The van der Waals surface area contributed by atoms with Crippen LogP contribution in [-0.2, 0) is 4.74 Å². The quantitative estimate of drug-likeness (QED) is 0.280. The van der Waals surface area contributed by atoms with E-state index in [0.29, 0.717) is 0 Å². The Bertz CT molecular complexity index is 342. The van der Waals surface area contributed by atoms with Gasteiger partial charge in [0.1, 0.15) is 0 Å². The average Bonchev–Trinajstić information content (AvgIpc) is 2.54. The highest BCUT2D eigenvalue weighted by atomic mass is 16.5. The summed E-state index contributed by atoms with van der Waals surface area (Å²) in [5.41, 5.74) is 1.60. The SMILES string of the molecule is CN=C(NCCC1=CCCCC1)NCCN(C)CCCOC. The van der Waals surface area contributed by atoms with Crippen molar-refractivity contribution < 1.29 is 4.74 Å². The average molecular weight is 310 g/mol. The molecule has 0 aromatic rings. The Labute approximate surface area is 136 Å². The molecule has 1 aliphatic rings. The van der Waals surface area contributed by atoms with Crippen LogP contribution in [0.15, 0.2) is 16.6 Å². The van der Waals surface area contributed by atoms with Crippen LogP contribution in [0.2, 0.25) is 0 Å². The summed E-state index contributed by atoms with van der Waals surface area (Å²) in [5, 5.41) is 6.78. The first-order valence-electron chi connectivity index (χ1n) is 8.56. The lowest BCUT2D eigenvalue weighted by Gasteiger charge is -2.18. The van der Waals surface area contributed by atoms with Crippen LogP contribution in [0.5, 0.6) is 0 Å². The van der Waals surface area contributed by atoms with E-state index < -0.39 is 0 Å². The van der Waals surface area contributed by atoms with Gasteiger partial charge in [-0.2, -0.15) is 0 Å². The lowest BCUT2D eigenvalue weighted by Crippen LogP contribution is -2.41. The van der Waals surface area contributed by atoms with E-state index in [-0.39, 0.29) is 0 Å². The third kappa shape index (κ3) is 9.05. The van der Waals surface area contributed by atoms with Gasteiger partial charge in [-0.1, -0.05) is 11.6 Å². The Kier molecular flexibility index (Phi) is 10.8. The topological polar surface area (TPSA) is 48.9 Å². The summed E-state index contributed by atoms with van der Waals surface area (Å²) < 4.78 is 5.07. The van der Waals surface area contributed by atoms with Crippen LogP contribution in [0, 0.1) is 0 Å². The molecule has 2 N–H and O–H groups in total. The molecule has 0 spiro atoms. The van der Waals surface area contributed by atoms with Gasteiger partial charge in [-0.15, -0.1) is 0 Å². The number of guanidine groups is 1. The van der Waals surface area contributed by atoms with Crippen molar-refractivity contribution in [3.05, 3.63) is 11.6 Å². The third-order valence-electron chi connectivity index (χ3n) is 4.02. The maximum atomic E-state index is 5.07. The van der Waals surface area contributed by atoms with Gasteiger partial charge in [0.2, 0.25) is 0 Å². The molecule has 22 heavy (non-hydrogen) atoms. The minimum Gasteiger partial charge on any atom is -0.385 e. The molecule has 0 bridgehead atoms. The number of nitrogens with one attached hydrogen (secondary N) is 2. The number of ether oxygens (including phenoxy) is 1. The molecule has 0 saturated carbocycles. The molecule has 0 unspecified atom stereocenters. The van der Waals surface area contributed by atoms with Crippen molar-refractivity contribution in [2.45, 2.75) is 38.5 Å². The number of aliphatic imine (C=N–C) groups is 1. The number of hydrogen-bond acceptors (Lipinski definition) is 3. The molecule has 0 atom stereocenters. The molecule has 0 amide bonds. The van der Waals surface area contributed by atoms with Gasteiger partial charge in [0.25, 0.3) is 0 Å². The van der Waals surface area contributed by atoms with E-state index in [2.05, 4.69) is 33.6 Å². The molecular weight excluding hydrogens is 276 g/mol. The number of hydrogen-bond donors (Lipinski definition) is 2. The Hall–Kier alpha value is -1.07. The predicted molar refractivity (Wildman–Crippen MR) is 94.5 cm³/mol. The molecule has 0 aliphatic heterocycles. The van der Waals surface area contributed by atoms with Crippen molar-refractivity contribution in [1.82, 2.24) is 15.5 Å². The monoisotopic (exact) mass is 310 g/mol. The van der Waals surface area contributed by atoms with Crippen LogP contribution < -0.4 is 10.6 Å². The minimum atomic E-state index is 0.830. The molecular formula is C17H34N4O. The van der Waals surface area contributed by atoms with E-state index in [4.69, 9.17) is 4.74 Å². The number of allylic oxidation sites excluding steroid dienone is 1. The van der Waals surface area contributed by atoms with Crippen molar-refractivity contribution in [2.24, 2.45) is 4.99 Å². The smallest absolute Gasteiger partial charge is 0.191 e. The Morgan fingerprint density at radius 3 is 2.77 bits per heavy atom. The summed E-state index contributed by atoms with van der Waals surface area (Å²) in [7, 11) is 5.72. The molecule has 5 nitrogen and oxygen atoms in total. The fourth-order valence-electron chi connectivity index (χ4n) is 2.65. The summed E-state index contributed by atoms with van der Waals surface area (Å²) in [6.07, 6.45) is 9.88. The molecule has 0 saturated heterocycles. The van der Waals surface area contributed by atoms with Crippen LogP contribution in [0.1, 0.15) is 38.5 Å². The first-order chi connectivity index (χ1) is 10.8. The Morgan fingerprint density at radius 2 is 2.09 bits per heavy atom. The van der Waals surface area contributed by atoms with E-state index in [1.54, 1.807) is 12.7 Å². The summed E-state index contributed by atoms with van der Waals surface area (Å²) >= 11 is 0. The molecule has 0 heterocycles. The van der Waals surface area contributed by atoms with Crippen molar-refractivity contribution in [2.75, 3.05) is 54.0 Å². The molecule has 0 fully saturated rings. The van der Waals surface area contributed by atoms with Crippen LogP contribution in [0.4, 0.5) is 0 Å². The molecule has 5 heteroatoms. The zero-order valence-electron chi connectivity index (χ0n) is 14.7. The summed E-state index contributed by atoms with van der Waals surface area (Å²) in [6.45, 7) is 4.78. The number of likely N-dealkylation sites (N-methyl/N-ethyl adjacent to an activating group) is 1. The lowest BCUT2D eigenvalue weighted by atomic mass is 9.97. The fourth-order valence-corrected chi connectivity index (χ4v) is 2.65. The largest absolute Gasteiger partial charge is 0.385 e. The minimum absolute atomic E-state index is 0.830. The van der Waals surface area contributed by atoms with E-state index >= 15 is 0 Å². The normalized spacial score (nSPS) is 15.8. The Balaban J connectivity index is 2.08. The first kappa shape index (κ1) is 19.0. The number of nitrogens with zero attached hydrogens (tertiary/aromatic N) is 2. The Morgan fingerprint density at radius 1 is 1.27 bits per heavy atom. The van der Waals surface area contributed by atoms with Crippen LogP contribution >= 0.6 is 0 Å². The van der Waals surface area contributed by atoms with Gasteiger partial charge < -0.3 is 20.3 Å². The fraction of sp³-hybridized carbons (Fsp3) is 0.824. The van der Waals surface area contributed by atoms with Gasteiger partial charge in [0.15, 0.2) is 5.96 Å². The van der Waals surface area contributed by atoms with Gasteiger partial charge in [-0.05, 0) is 45.6 Å². The molecule has 128 valence electrons. The molecule has 1 rings (SSSR count). The van der Waals surface area contributed by atoms with Crippen molar-refractivity contribution in [3.8, 4) is 0 Å². The predicted octanol–water partition coefficient (Wildman–Crippen LogP) is 2.01. The number of rotatable bonds is 10. The maximum absolute atomic E-state index is 5.07. The van der Waals surface area contributed by atoms with Crippen molar-refractivity contribution >= 4 is 5.96 Å². The zero-order chi connectivity index (χ0) is 16.0. The van der Waals surface area contributed by atoms with E-state index in [1.807, 2.05) is 7.05 Å². The van der Waals surface area contributed by atoms with Gasteiger partial charge in [0.05, 0.1) is 0 Å². The van der Waals surface area contributed by atoms with Crippen LogP contribution in [0.3, 0.4) is 0 Å². The first-order valence-corrected chi connectivity index (χ1v) is 8.56. The maximum Gasteiger partial charge on any atom is 0.191 e. The van der Waals surface area contributed by atoms with Crippen LogP contribution in [-0.4, -0.2) is 64.9 Å². The third-order valence-corrected chi connectivity index (χ3v) is 4.02.